The molecule has 0 unspecified atom stereocenters. The molecule has 1 aliphatic rings. The monoisotopic (exact) mass is 274 g/mol. The maximum atomic E-state index is 10.3. The highest BCUT2D eigenvalue weighted by Gasteiger charge is 2.29. The summed E-state index contributed by atoms with van der Waals surface area (Å²) in [5.74, 6) is 0.806. The lowest BCUT2D eigenvalue weighted by Gasteiger charge is -2.31. The molecule has 0 fully saturated rings. The average Bonchev–Trinajstić information content (AvgIpc) is 2.39. The van der Waals surface area contributed by atoms with E-state index in [0.29, 0.717) is 11.4 Å². The number of aliphatic hydroxyl groups excluding tert-OH is 1. The summed E-state index contributed by atoms with van der Waals surface area (Å²) in [4.78, 5) is 0. The molecule has 0 saturated carbocycles. The van der Waals surface area contributed by atoms with Crippen LogP contribution >= 0.6 is 11.6 Å². The van der Waals surface area contributed by atoms with Crippen LogP contribution in [0.25, 0.3) is 0 Å². The number of aryl methyl sites for hydroxylation is 1. The fourth-order valence-corrected chi connectivity index (χ4v) is 2.61. The van der Waals surface area contributed by atoms with Gasteiger partial charge in [-0.3, -0.25) is 0 Å². The van der Waals surface area contributed by atoms with E-state index < -0.39 is 6.10 Å². The SMILES string of the molecule is Cc1ccc([C@H]2Oc3ccc(Cl)cc3C[C@@H]2O)cc1. The summed E-state index contributed by atoms with van der Waals surface area (Å²) >= 11 is 5.96. The molecule has 0 spiro atoms. The van der Waals surface area contributed by atoms with Gasteiger partial charge >= 0.3 is 0 Å². The molecule has 3 heteroatoms. The lowest BCUT2D eigenvalue weighted by atomic mass is 9.94. The molecule has 1 heterocycles. The molecule has 19 heavy (non-hydrogen) atoms. The average molecular weight is 275 g/mol. The van der Waals surface area contributed by atoms with E-state index in [1.54, 1.807) is 0 Å². The van der Waals surface area contributed by atoms with Crippen molar-refractivity contribution in [2.24, 2.45) is 0 Å². The van der Waals surface area contributed by atoms with E-state index in [4.69, 9.17) is 16.3 Å². The fourth-order valence-electron chi connectivity index (χ4n) is 2.42. The molecule has 3 rings (SSSR count). The van der Waals surface area contributed by atoms with Gasteiger partial charge < -0.3 is 9.84 Å². The van der Waals surface area contributed by atoms with Crippen LogP contribution in [0.5, 0.6) is 5.75 Å². The fraction of sp³-hybridized carbons (Fsp3) is 0.250. The second-order valence-electron chi connectivity index (χ2n) is 4.97. The molecule has 2 aromatic rings. The summed E-state index contributed by atoms with van der Waals surface area (Å²) in [7, 11) is 0. The van der Waals surface area contributed by atoms with Crippen LogP contribution in [0.2, 0.25) is 5.02 Å². The van der Waals surface area contributed by atoms with Gasteiger partial charge in [-0.25, -0.2) is 0 Å². The van der Waals surface area contributed by atoms with Gasteiger partial charge in [-0.2, -0.15) is 0 Å². The van der Waals surface area contributed by atoms with Gasteiger partial charge in [-0.15, -0.1) is 0 Å². The van der Waals surface area contributed by atoms with E-state index in [-0.39, 0.29) is 6.10 Å². The Hall–Kier alpha value is -1.51. The van der Waals surface area contributed by atoms with Gasteiger partial charge in [-0.05, 0) is 36.2 Å². The molecule has 1 aliphatic heterocycles. The lowest BCUT2D eigenvalue weighted by molar-refractivity contribution is 0.0208. The Balaban J connectivity index is 1.93. The highest BCUT2D eigenvalue weighted by atomic mass is 35.5. The molecule has 0 saturated heterocycles. The van der Waals surface area contributed by atoms with E-state index in [0.717, 1.165) is 16.9 Å². The van der Waals surface area contributed by atoms with E-state index in [9.17, 15) is 5.11 Å². The number of ether oxygens (including phenoxy) is 1. The number of fused-ring (bicyclic) bond motifs is 1. The topological polar surface area (TPSA) is 29.5 Å². The predicted octanol–water partition coefficient (Wildman–Crippen LogP) is 3.69. The van der Waals surface area contributed by atoms with Crippen molar-refractivity contribution in [3.63, 3.8) is 0 Å². The molecule has 1 N–H and O–H groups in total. The van der Waals surface area contributed by atoms with Gasteiger partial charge in [-0.1, -0.05) is 41.4 Å². The molecule has 0 aromatic heterocycles. The molecule has 2 nitrogen and oxygen atoms in total. The molecular weight excluding hydrogens is 260 g/mol. The van der Waals surface area contributed by atoms with Crippen LogP contribution in [0.4, 0.5) is 0 Å². The lowest BCUT2D eigenvalue weighted by Crippen LogP contribution is -2.30. The number of benzene rings is 2. The quantitative estimate of drug-likeness (QED) is 0.859. The smallest absolute Gasteiger partial charge is 0.150 e. The maximum Gasteiger partial charge on any atom is 0.150 e. The summed E-state index contributed by atoms with van der Waals surface area (Å²) in [5.41, 5.74) is 3.16. The Morgan fingerprint density at radius 1 is 1.16 bits per heavy atom. The third kappa shape index (κ3) is 2.46. The molecular formula is C16H15ClO2. The first kappa shape index (κ1) is 12.5. The van der Waals surface area contributed by atoms with Crippen LogP contribution in [-0.2, 0) is 6.42 Å². The number of hydrogen-bond acceptors (Lipinski definition) is 2. The summed E-state index contributed by atoms with van der Waals surface area (Å²) in [6.45, 7) is 2.04. The first-order valence-corrected chi connectivity index (χ1v) is 6.71. The minimum absolute atomic E-state index is 0.311. The standard InChI is InChI=1S/C16H15ClO2/c1-10-2-4-11(5-3-10)16-14(18)9-12-8-13(17)6-7-15(12)19-16/h2-8,14,16,18H,9H2,1H3/t14-,16+/m0/s1. The number of halogens is 1. The zero-order valence-corrected chi connectivity index (χ0v) is 11.4. The van der Waals surface area contributed by atoms with Crippen LogP contribution in [0.15, 0.2) is 42.5 Å². The summed E-state index contributed by atoms with van der Waals surface area (Å²) < 4.78 is 5.92. The highest BCUT2D eigenvalue weighted by molar-refractivity contribution is 6.30. The molecule has 0 aliphatic carbocycles. The number of hydrogen-bond donors (Lipinski definition) is 1. The predicted molar refractivity (Wildman–Crippen MR) is 75.7 cm³/mol. The zero-order valence-electron chi connectivity index (χ0n) is 10.6. The second kappa shape index (κ2) is 4.87. The Kier molecular flexibility index (Phi) is 3.21. The molecule has 2 aromatic carbocycles. The van der Waals surface area contributed by atoms with Crippen molar-refractivity contribution in [2.45, 2.75) is 25.6 Å². The Labute approximate surface area is 117 Å². The minimum atomic E-state index is -0.548. The minimum Gasteiger partial charge on any atom is -0.483 e. The molecule has 0 amide bonds. The zero-order chi connectivity index (χ0) is 13.4. The summed E-state index contributed by atoms with van der Waals surface area (Å²) in [6.07, 6.45) is -0.294. The molecule has 2 atom stereocenters. The van der Waals surface area contributed by atoms with Gasteiger partial charge in [0, 0.05) is 11.4 Å². The summed E-state index contributed by atoms with van der Waals surface area (Å²) in [5, 5.41) is 10.9. The van der Waals surface area contributed by atoms with Crippen molar-refractivity contribution in [3.8, 4) is 5.75 Å². The van der Waals surface area contributed by atoms with Crippen LogP contribution in [0.1, 0.15) is 22.8 Å². The van der Waals surface area contributed by atoms with Crippen molar-refractivity contribution in [1.82, 2.24) is 0 Å². The van der Waals surface area contributed by atoms with Crippen LogP contribution in [0.3, 0.4) is 0 Å². The Bertz CT molecular complexity index is 592. The molecule has 98 valence electrons. The molecule has 0 bridgehead atoms. The third-order valence-corrected chi connectivity index (χ3v) is 3.70. The Morgan fingerprint density at radius 2 is 1.89 bits per heavy atom. The van der Waals surface area contributed by atoms with Crippen molar-refractivity contribution in [1.29, 1.82) is 0 Å². The highest BCUT2D eigenvalue weighted by Crippen LogP contribution is 2.36. The Morgan fingerprint density at radius 3 is 2.63 bits per heavy atom. The normalized spacial score (nSPS) is 21.6. The van der Waals surface area contributed by atoms with E-state index in [1.807, 2.05) is 49.4 Å². The third-order valence-electron chi connectivity index (χ3n) is 3.46. The first-order valence-electron chi connectivity index (χ1n) is 6.33. The second-order valence-corrected chi connectivity index (χ2v) is 5.41. The number of rotatable bonds is 1. The van der Waals surface area contributed by atoms with Crippen LogP contribution in [0, 0.1) is 6.92 Å². The van der Waals surface area contributed by atoms with Gasteiger partial charge in [0.2, 0.25) is 0 Å². The van der Waals surface area contributed by atoms with E-state index >= 15 is 0 Å². The van der Waals surface area contributed by atoms with Crippen LogP contribution < -0.4 is 4.74 Å². The van der Waals surface area contributed by atoms with Gasteiger partial charge in [0.25, 0.3) is 0 Å². The largest absolute Gasteiger partial charge is 0.483 e. The van der Waals surface area contributed by atoms with E-state index in [1.165, 1.54) is 5.56 Å². The van der Waals surface area contributed by atoms with Crippen LogP contribution in [-0.4, -0.2) is 11.2 Å². The van der Waals surface area contributed by atoms with Gasteiger partial charge in [0.1, 0.15) is 11.9 Å². The van der Waals surface area contributed by atoms with Crippen molar-refractivity contribution in [2.75, 3.05) is 0 Å². The summed E-state index contributed by atoms with van der Waals surface area (Å²) in [6, 6.07) is 13.6. The van der Waals surface area contributed by atoms with Gasteiger partial charge in [0.15, 0.2) is 0 Å². The van der Waals surface area contributed by atoms with Gasteiger partial charge in [0.05, 0.1) is 6.10 Å². The first-order chi connectivity index (χ1) is 9.13. The van der Waals surface area contributed by atoms with Crippen molar-refractivity contribution in [3.05, 3.63) is 64.2 Å². The van der Waals surface area contributed by atoms with Crippen molar-refractivity contribution >= 4 is 11.6 Å². The maximum absolute atomic E-state index is 10.3. The molecule has 0 radical (unpaired) electrons. The van der Waals surface area contributed by atoms with E-state index in [2.05, 4.69) is 0 Å². The number of aliphatic hydroxyl groups is 1. The van der Waals surface area contributed by atoms with Crippen molar-refractivity contribution < 1.29 is 9.84 Å².